The van der Waals surface area contributed by atoms with Gasteiger partial charge in [0.25, 0.3) is 0 Å². The fraction of sp³-hybridized carbons (Fsp3) is 0.231. The summed E-state index contributed by atoms with van der Waals surface area (Å²) in [5.74, 6) is 3.28. The maximum absolute atomic E-state index is 8.92. The van der Waals surface area contributed by atoms with Gasteiger partial charge in [-0.2, -0.15) is 5.26 Å². The Bertz CT molecular complexity index is 1180. The lowest BCUT2D eigenvalue weighted by atomic mass is 9.86. The normalized spacial score (nSPS) is 13.6. The van der Waals surface area contributed by atoms with E-state index in [4.69, 9.17) is 14.7 Å². The van der Waals surface area contributed by atoms with E-state index in [1.807, 2.05) is 42.5 Å². The van der Waals surface area contributed by atoms with E-state index in [0.29, 0.717) is 35.4 Å². The SMILES string of the molecule is COc1cccc(/C=C/C=Nc2cccnc2Nc2ccc(C#N)cn2)c1OCC1CCC1. The number of methoxy groups -OCH3 is 1. The number of allylic oxidation sites excluding steroid dienone is 1. The van der Waals surface area contributed by atoms with Gasteiger partial charge >= 0.3 is 0 Å². The van der Waals surface area contributed by atoms with E-state index < -0.39 is 0 Å². The van der Waals surface area contributed by atoms with Crippen molar-refractivity contribution >= 4 is 29.6 Å². The van der Waals surface area contributed by atoms with E-state index >= 15 is 0 Å². The van der Waals surface area contributed by atoms with Gasteiger partial charge in [0.2, 0.25) is 0 Å². The van der Waals surface area contributed by atoms with E-state index in [-0.39, 0.29) is 0 Å². The van der Waals surface area contributed by atoms with Crippen molar-refractivity contribution in [1.82, 2.24) is 9.97 Å². The topological polar surface area (TPSA) is 92.4 Å². The number of ether oxygens (including phenoxy) is 2. The van der Waals surface area contributed by atoms with Gasteiger partial charge in [0.05, 0.1) is 19.3 Å². The average molecular weight is 440 g/mol. The number of pyridine rings is 2. The van der Waals surface area contributed by atoms with E-state index in [1.54, 1.807) is 31.7 Å². The number of hydrogen-bond donors (Lipinski definition) is 1. The zero-order chi connectivity index (χ0) is 22.9. The minimum atomic E-state index is 0.499. The molecule has 166 valence electrons. The lowest BCUT2D eigenvalue weighted by Crippen LogP contribution is -2.19. The Hall–Kier alpha value is -4.18. The highest BCUT2D eigenvalue weighted by molar-refractivity contribution is 5.83. The van der Waals surface area contributed by atoms with Crippen LogP contribution in [0.4, 0.5) is 17.3 Å². The predicted octanol–water partition coefficient (Wildman–Crippen LogP) is 5.70. The van der Waals surface area contributed by atoms with Gasteiger partial charge in [0.1, 0.15) is 17.6 Å². The number of aromatic nitrogens is 2. The first-order chi connectivity index (χ1) is 16.3. The minimum Gasteiger partial charge on any atom is -0.493 e. The molecule has 1 aliphatic carbocycles. The Morgan fingerprint density at radius 1 is 1.18 bits per heavy atom. The molecule has 0 unspecified atom stereocenters. The van der Waals surface area contributed by atoms with Crippen LogP contribution in [0.3, 0.4) is 0 Å². The molecule has 4 rings (SSSR count). The van der Waals surface area contributed by atoms with Crippen molar-refractivity contribution in [3.05, 3.63) is 72.1 Å². The molecular weight excluding hydrogens is 414 g/mol. The maximum Gasteiger partial charge on any atom is 0.168 e. The molecule has 7 heteroatoms. The number of benzene rings is 1. The molecule has 1 N–H and O–H groups in total. The maximum atomic E-state index is 8.92. The highest BCUT2D eigenvalue weighted by Gasteiger charge is 2.19. The molecule has 2 aromatic heterocycles. The number of nitrogens with zero attached hydrogens (tertiary/aromatic N) is 4. The third-order valence-electron chi connectivity index (χ3n) is 5.42. The monoisotopic (exact) mass is 439 g/mol. The van der Waals surface area contributed by atoms with Gasteiger partial charge in [-0.25, -0.2) is 9.97 Å². The summed E-state index contributed by atoms with van der Waals surface area (Å²) in [6.07, 6.45) is 12.5. The summed E-state index contributed by atoms with van der Waals surface area (Å²) >= 11 is 0. The number of hydrogen-bond acceptors (Lipinski definition) is 7. The molecule has 0 radical (unpaired) electrons. The van der Waals surface area contributed by atoms with Gasteiger partial charge < -0.3 is 14.8 Å². The minimum absolute atomic E-state index is 0.499. The van der Waals surface area contributed by atoms with Crippen LogP contribution in [-0.4, -0.2) is 29.9 Å². The second kappa shape index (κ2) is 10.9. The number of para-hydroxylation sites is 1. The molecule has 1 saturated carbocycles. The van der Waals surface area contributed by atoms with E-state index in [2.05, 4.69) is 26.3 Å². The number of nitrogens with one attached hydrogen (secondary N) is 1. The summed E-state index contributed by atoms with van der Waals surface area (Å²) < 4.78 is 11.6. The van der Waals surface area contributed by atoms with Gasteiger partial charge in [-0.15, -0.1) is 0 Å². The highest BCUT2D eigenvalue weighted by atomic mass is 16.5. The quantitative estimate of drug-likeness (QED) is 0.430. The second-order valence-electron chi connectivity index (χ2n) is 7.66. The van der Waals surface area contributed by atoms with Crippen LogP contribution in [0.15, 0.2) is 65.9 Å². The number of rotatable bonds is 9. The van der Waals surface area contributed by atoms with Gasteiger partial charge in [0, 0.05) is 24.2 Å². The van der Waals surface area contributed by atoms with Crippen LogP contribution in [0, 0.1) is 17.2 Å². The van der Waals surface area contributed by atoms with Crippen LogP contribution in [0.2, 0.25) is 0 Å². The first-order valence-corrected chi connectivity index (χ1v) is 10.9. The van der Waals surface area contributed by atoms with Gasteiger partial charge in [0.15, 0.2) is 17.3 Å². The summed E-state index contributed by atoms with van der Waals surface area (Å²) in [6, 6.07) is 15.0. The van der Waals surface area contributed by atoms with E-state index in [0.717, 1.165) is 17.1 Å². The Morgan fingerprint density at radius 3 is 2.82 bits per heavy atom. The van der Waals surface area contributed by atoms with Crippen LogP contribution in [-0.2, 0) is 0 Å². The van der Waals surface area contributed by atoms with Crippen molar-refractivity contribution in [2.45, 2.75) is 19.3 Å². The van der Waals surface area contributed by atoms with Crippen LogP contribution in [0.25, 0.3) is 6.08 Å². The standard InChI is InChI=1S/C26H25N5O2/c1-32-23-11-3-8-21(25(23)33-18-19-6-2-7-19)9-4-14-28-22-10-5-15-29-26(22)31-24-13-12-20(16-27)17-30-24/h3-5,8-15,17,19H,2,6-7,18H2,1H3,(H,29,30,31)/b9-4+,28-14?. The largest absolute Gasteiger partial charge is 0.493 e. The van der Waals surface area contributed by atoms with Crippen molar-refractivity contribution in [3.63, 3.8) is 0 Å². The second-order valence-corrected chi connectivity index (χ2v) is 7.66. The van der Waals surface area contributed by atoms with Crippen molar-refractivity contribution < 1.29 is 9.47 Å². The third kappa shape index (κ3) is 5.74. The van der Waals surface area contributed by atoms with Gasteiger partial charge in [-0.3, -0.25) is 4.99 Å². The van der Waals surface area contributed by atoms with Crippen molar-refractivity contribution in [2.75, 3.05) is 19.0 Å². The molecule has 1 aromatic carbocycles. The molecular formula is C26H25N5O2. The molecule has 0 atom stereocenters. The first kappa shape index (κ1) is 22.0. The summed E-state index contributed by atoms with van der Waals surface area (Å²) in [6.45, 7) is 0.712. The predicted molar refractivity (Wildman–Crippen MR) is 129 cm³/mol. The molecule has 0 amide bonds. The third-order valence-corrected chi connectivity index (χ3v) is 5.42. The fourth-order valence-electron chi connectivity index (χ4n) is 3.36. The summed E-state index contributed by atoms with van der Waals surface area (Å²) in [5, 5.41) is 12.1. The van der Waals surface area contributed by atoms with Crippen LogP contribution in [0.1, 0.15) is 30.4 Å². The zero-order valence-corrected chi connectivity index (χ0v) is 18.4. The molecule has 7 nitrogen and oxygen atoms in total. The lowest BCUT2D eigenvalue weighted by Gasteiger charge is -2.26. The van der Waals surface area contributed by atoms with Crippen molar-refractivity contribution in [1.29, 1.82) is 5.26 Å². The van der Waals surface area contributed by atoms with Crippen LogP contribution in [0.5, 0.6) is 11.5 Å². The van der Waals surface area contributed by atoms with Gasteiger partial charge in [-0.05, 0) is 61.2 Å². The molecule has 0 saturated heterocycles. The molecule has 0 spiro atoms. The fourth-order valence-corrected chi connectivity index (χ4v) is 3.36. The molecule has 0 aliphatic heterocycles. The Balaban J connectivity index is 1.47. The molecule has 3 aromatic rings. The lowest BCUT2D eigenvalue weighted by molar-refractivity contribution is 0.175. The first-order valence-electron chi connectivity index (χ1n) is 10.9. The molecule has 0 bridgehead atoms. The van der Waals surface area contributed by atoms with E-state index in [1.165, 1.54) is 25.5 Å². The zero-order valence-electron chi connectivity index (χ0n) is 18.4. The summed E-state index contributed by atoms with van der Waals surface area (Å²) in [7, 11) is 1.65. The highest BCUT2D eigenvalue weighted by Crippen LogP contribution is 2.34. The molecule has 1 aliphatic rings. The molecule has 2 heterocycles. The average Bonchev–Trinajstić information content (AvgIpc) is 2.82. The molecule has 1 fully saturated rings. The van der Waals surface area contributed by atoms with Gasteiger partial charge in [-0.1, -0.05) is 18.6 Å². The number of anilines is 2. The summed E-state index contributed by atoms with van der Waals surface area (Å²) in [5.41, 5.74) is 2.10. The number of nitriles is 1. The Labute approximate surface area is 193 Å². The number of aliphatic imine (C=N–C) groups is 1. The van der Waals surface area contributed by atoms with Crippen molar-refractivity contribution in [2.24, 2.45) is 10.9 Å². The summed E-state index contributed by atoms with van der Waals surface area (Å²) in [4.78, 5) is 13.1. The van der Waals surface area contributed by atoms with Crippen LogP contribution >= 0.6 is 0 Å². The Kier molecular flexibility index (Phi) is 7.29. The van der Waals surface area contributed by atoms with Crippen LogP contribution < -0.4 is 14.8 Å². The van der Waals surface area contributed by atoms with E-state index in [9.17, 15) is 0 Å². The van der Waals surface area contributed by atoms with Crippen molar-refractivity contribution in [3.8, 4) is 17.6 Å². The smallest absolute Gasteiger partial charge is 0.168 e. The molecule has 33 heavy (non-hydrogen) atoms. The Morgan fingerprint density at radius 2 is 2.09 bits per heavy atom.